The minimum absolute atomic E-state index is 0.109. The van der Waals surface area contributed by atoms with Gasteiger partial charge in [-0.05, 0) is 42.4 Å². The van der Waals surface area contributed by atoms with E-state index >= 15 is 0 Å². The van der Waals surface area contributed by atoms with E-state index in [-0.39, 0.29) is 18.4 Å². The van der Waals surface area contributed by atoms with Crippen molar-refractivity contribution in [3.05, 3.63) is 65.2 Å². The van der Waals surface area contributed by atoms with E-state index in [0.29, 0.717) is 24.2 Å². The highest BCUT2D eigenvalue weighted by molar-refractivity contribution is 5.94. The summed E-state index contributed by atoms with van der Waals surface area (Å²) < 4.78 is 0. The van der Waals surface area contributed by atoms with Crippen molar-refractivity contribution in [1.29, 1.82) is 5.26 Å². The van der Waals surface area contributed by atoms with Crippen molar-refractivity contribution >= 4 is 17.5 Å². The van der Waals surface area contributed by atoms with Gasteiger partial charge in [0.25, 0.3) is 5.91 Å². The van der Waals surface area contributed by atoms with Crippen molar-refractivity contribution in [2.45, 2.75) is 13.0 Å². The zero-order chi connectivity index (χ0) is 18.9. The van der Waals surface area contributed by atoms with Gasteiger partial charge in [0.1, 0.15) is 0 Å². The molecule has 2 rings (SSSR count). The van der Waals surface area contributed by atoms with Crippen LogP contribution in [0, 0.1) is 11.3 Å². The summed E-state index contributed by atoms with van der Waals surface area (Å²) in [7, 11) is 3.46. The van der Waals surface area contributed by atoms with Crippen LogP contribution in [-0.2, 0) is 17.8 Å². The first-order chi connectivity index (χ1) is 12.5. The molecular formula is C20H22N4O2. The molecule has 0 aliphatic heterocycles. The van der Waals surface area contributed by atoms with Crippen molar-refractivity contribution in [1.82, 2.24) is 10.2 Å². The van der Waals surface area contributed by atoms with Crippen LogP contribution in [0.2, 0.25) is 0 Å². The second-order valence-corrected chi connectivity index (χ2v) is 6.03. The van der Waals surface area contributed by atoms with Gasteiger partial charge in [0.05, 0.1) is 19.0 Å². The van der Waals surface area contributed by atoms with E-state index in [1.807, 2.05) is 36.2 Å². The van der Waals surface area contributed by atoms with Gasteiger partial charge in [0, 0.05) is 24.8 Å². The third-order valence-corrected chi connectivity index (χ3v) is 3.83. The van der Waals surface area contributed by atoms with E-state index in [1.54, 1.807) is 31.3 Å². The van der Waals surface area contributed by atoms with E-state index in [1.165, 1.54) is 0 Å². The maximum atomic E-state index is 12.1. The summed E-state index contributed by atoms with van der Waals surface area (Å²) in [4.78, 5) is 25.6. The van der Waals surface area contributed by atoms with Gasteiger partial charge in [0.2, 0.25) is 5.91 Å². The zero-order valence-corrected chi connectivity index (χ0v) is 15.0. The van der Waals surface area contributed by atoms with E-state index in [2.05, 4.69) is 16.7 Å². The molecule has 0 bridgehead atoms. The van der Waals surface area contributed by atoms with Crippen LogP contribution in [0.1, 0.15) is 21.5 Å². The predicted octanol–water partition coefficient (Wildman–Crippen LogP) is 2.18. The van der Waals surface area contributed by atoms with Crippen LogP contribution in [0.3, 0.4) is 0 Å². The quantitative estimate of drug-likeness (QED) is 0.801. The van der Waals surface area contributed by atoms with Gasteiger partial charge < -0.3 is 10.6 Å². The summed E-state index contributed by atoms with van der Waals surface area (Å²) in [5.41, 5.74) is 3.26. The number of carbonyl (C=O) groups is 2. The van der Waals surface area contributed by atoms with Gasteiger partial charge >= 0.3 is 0 Å². The molecule has 0 atom stereocenters. The first-order valence-electron chi connectivity index (χ1n) is 8.27. The second-order valence-electron chi connectivity index (χ2n) is 6.03. The molecule has 0 radical (unpaired) electrons. The lowest BCUT2D eigenvalue weighted by Crippen LogP contribution is -2.29. The highest BCUT2D eigenvalue weighted by atomic mass is 16.2. The molecule has 2 aromatic rings. The summed E-state index contributed by atoms with van der Waals surface area (Å²) in [6.07, 6.45) is 0.357. The lowest BCUT2D eigenvalue weighted by molar-refractivity contribution is -0.117. The normalized spacial score (nSPS) is 10.2. The van der Waals surface area contributed by atoms with Gasteiger partial charge in [-0.2, -0.15) is 5.26 Å². The highest BCUT2D eigenvalue weighted by Crippen LogP contribution is 2.11. The number of nitrogens with one attached hydrogen (secondary N) is 2. The van der Waals surface area contributed by atoms with E-state index in [0.717, 1.165) is 11.1 Å². The minimum atomic E-state index is -0.120. The first-order valence-corrected chi connectivity index (χ1v) is 8.27. The largest absolute Gasteiger partial charge is 0.355 e. The molecule has 0 saturated heterocycles. The number of nitrogens with zero attached hydrogens (tertiary/aromatic N) is 2. The molecule has 0 unspecified atom stereocenters. The standard InChI is InChI=1S/C20H22N4O2/c1-22-20(26)17-7-3-16(4-8-17)13-24(2)14-19(25)23-18-9-5-15(6-10-18)11-12-21/h3-10H,11,13-14H2,1-2H3,(H,22,26)(H,23,25). The van der Waals surface area contributed by atoms with Crippen molar-refractivity contribution in [3.63, 3.8) is 0 Å². The molecule has 0 spiro atoms. The maximum absolute atomic E-state index is 12.1. The number of likely N-dealkylation sites (N-methyl/N-ethyl adjacent to an activating group) is 1. The Hall–Kier alpha value is -3.17. The molecule has 2 N–H and O–H groups in total. The Bertz CT molecular complexity index is 792. The van der Waals surface area contributed by atoms with Gasteiger partial charge in [-0.15, -0.1) is 0 Å². The fourth-order valence-corrected chi connectivity index (χ4v) is 2.52. The zero-order valence-electron chi connectivity index (χ0n) is 15.0. The average Bonchev–Trinajstić information content (AvgIpc) is 2.63. The third-order valence-electron chi connectivity index (χ3n) is 3.83. The fraction of sp³-hybridized carbons (Fsp3) is 0.250. The Morgan fingerprint density at radius 1 is 1.04 bits per heavy atom. The van der Waals surface area contributed by atoms with Crippen molar-refractivity contribution in [2.75, 3.05) is 26.0 Å². The molecule has 0 aliphatic rings. The molecule has 26 heavy (non-hydrogen) atoms. The Morgan fingerprint density at radius 2 is 1.65 bits per heavy atom. The highest BCUT2D eigenvalue weighted by Gasteiger charge is 2.09. The van der Waals surface area contributed by atoms with Crippen molar-refractivity contribution in [2.24, 2.45) is 0 Å². The van der Waals surface area contributed by atoms with Crippen molar-refractivity contribution in [3.8, 4) is 6.07 Å². The molecular weight excluding hydrogens is 328 g/mol. The van der Waals surface area contributed by atoms with Gasteiger partial charge in [-0.3, -0.25) is 14.5 Å². The van der Waals surface area contributed by atoms with Crippen LogP contribution >= 0.6 is 0 Å². The monoisotopic (exact) mass is 350 g/mol. The number of benzene rings is 2. The molecule has 6 heteroatoms. The molecule has 0 fully saturated rings. The molecule has 2 amide bonds. The van der Waals surface area contributed by atoms with Crippen LogP contribution in [-0.4, -0.2) is 37.4 Å². The predicted molar refractivity (Wildman–Crippen MR) is 101 cm³/mol. The summed E-state index contributed by atoms with van der Waals surface area (Å²) in [5.74, 6) is -0.229. The van der Waals surface area contributed by atoms with Crippen LogP contribution in [0.5, 0.6) is 0 Å². The van der Waals surface area contributed by atoms with Crippen molar-refractivity contribution < 1.29 is 9.59 Å². The Balaban J connectivity index is 1.84. The van der Waals surface area contributed by atoms with E-state index in [9.17, 15) is 9.59 Å². The molecule has 6 nitrogen and oxygen atoms in total. The number of anilines is 1. The molecule has 0 aromatic heterocycles. The fourth-order valence-electron chi connectivity index (χ4n) is 2.52. The lowest BCUT2D eigenvalue weighted by Gasteiger charge is -2.16. The number of hydrogen-bond acceptors (Lipinski definition) is 4. The third kappa shape index (κ3) is 5.72. The Morgan fingerprint density at radius 3 is 2.23 bits per heavy atom. The molecule has 0 saturated carbocycles. The minimum Gasteiger partial charge on any atom is -0.355 e. The molecule has 134 valence electrons. The summed E-state index contributed by atoms with van der Waals surface area (Å²) >= 11 is 0. The van der Waals surface area contributed by atoms with Crippen LogP contribution < -0.4 is 10.6 Å². The van der Waals surface area contributed by atoms with E-state index in [4.69, 9.17) is 5.26 Å². The van der Waals surface area contributed by atoms with Gasteiger partial charge in [-0.25, -0.2) is 0 Å². The number of rotatable bonds is 7. The van der Waals surface area contributed by atoms with Crippen LogP contribution in [0.15, 0.2) is 48.5 Å². The van der Waals surface area contributed by atoms with Crippen LogP contribution in [0.25, 0.3) is 0 Å². The summed E-state index contributed by atoms with van der Waals surface area (Å²) in [5, 5.41) is 14.1. The SMILES string of the molecule is CNC(=O)c1ccc(CN(C)CC(=O)Nc2ccc(CC#N)cc2)cc1. The maximum Gasteiger partial charge on any atom is 0.251 e. The molecule has 0 aliphatic carbocycles. The number of nitriles is 1. The molecule has 2 aromatic carbocycles. The van der Waals surface area contributed by atoms with E-state index < -0.39 is 0 Å². The van der Waals surface area contributed by atoms with Gasteiger partial charge in [0.15, 0.2) is 0 Å². The number of amides is 2. The number of hydrogen-bond donors (Lipinski definition) is 2. The summed E-state index contributed by atoms with van der Waals surface area (Å²) in [6.45, 7) is 0.847. The molecule has 0 heterocycles. The Labute approximate surface area is 153 Å². The topological polar surface area (TPSA) is 85.2 Å². The number of carbonyl (C=O) groups excluding carboxylic acids is 2. The lowest BCUT2D eigenvalue weighted by atomic mass is 10.1. The summed E-state index contributed by atoms with van der Waals surface area (Å²) in [6, 6.07) is 16.6. The van der Waals surface area contributed by atoms with Crippen LogP contribution in [0.4, 0.5) is 5.69 Å². The smallest absolute Gasteiger partial charge is 0.251 e. The average molecular weight is 350 g/mol. The van der Waals surface area contributed by atoms with Gasteiger partial charge in [-0.1, -0.05) is 24.3 Å². The second kappa shape index (κ2) is 9.35. The Kier molecular flexibility index (Phi) is 6.89. The first kappa shape index (κ1) is 19.2.